The molecule has 1 saturated heterocycles. The van der Waals surface area contributed by atoms with Gasteiger partial charge in [0.25, 0.3) is 11.5 Å². The van der Waals surface area contributed by atoms with Crippen LogP contribution in [0.3, 0.4) is 0 Å². The van der Waals surface area contributed by atoms with Crippen LogP contribution in [0.25, 0.3) is 11.4 Å². The van der Waals surface area contributed by atoms with Gasteiger partial charge in [-0.1, -0.05) is 12.1 Å². The van der Waals surface area contributed by atoms with Crippen molar-refractivity contribution in [3.05, 3.63) is 153 Å². The number of aliphatic hydroxyl groups is 1. The van der Waals surface area contributed by atoms with Gasteiger partial charge in [0, 0.05) is 68.5 Å². The van der Waals surface area contributed by atoms with E-state index in [9.17, 15) is 37.1 Å². The summed E-state index contributed by atoms with van der Waals surface area (Å²) in [5.41, 5.74) is 0.353. The molecule has 5 aromatic rings. The number of pyridine rings is 1. The van der Waals surface area contributed by atoms with Gasteiger partial charge < -0.3 is 19.5 Å². The van der Waals surface area contributed by atoms with E-state index in [1.54, 1.807) is 16.9 Å². The molecule has 250 valence electrons. The van der Waals surface area contributed by atoms with E-state index in [4.69, 9.17) is 0 Å². The number of benzene rings is 3. The van der Waals surface area contributed by atoms with Crippen LogP contribution in [-0.2, 0) is 22.6 Å². The highest BCUT2D eigenvalue weighted by Gasteiger charge is 2.26. The molecule has 0 spiro atoms. The van der Waals surface area contributed by atoms with E-state index in [1.165, 1.54) is 29.3 Å². The van der Waals surface area contributed by atoms with Gasteiger partial charge >= 0.3 is 0 Å². The summed E-state index contributed by atoms with van der Waals surface area (Å²) in [6.45, 7) is 1.12. The van der Waals surface area contributed by atoms with E-state index in [-0.39, 0.29) is 25.2 Å². The first-order valence-electron chi connectivity index (χ1n) is 15.3. The van der Waals surface area contributed by atoms with Crippen molar-refractivity contribution in [2.75, 3.05) is 31.1 Å². The van der Waals surface area contributed by atoms with Crippen molar-refractivity contribution in [1.29, 1.82) is 0 Å². The molecule has 1 N–H and O–H groups in total. The zero-order valence-corrected chi connectivity index (χ0v) is 25.9. The number of ketones is 1. The molecule has 1 fully saturated rings. The molecule has 3 aromatic carbocycles. The van der Waals surface area contributed by atoms with Crippen LogP contribution in [0.1, 0.15) is 22.3 Å². The molecule has 0 radical (unpaired) electrons. The number of aromatic nitrogens is 3. The molecule has 3 heterocycles. The van der Waals surface area contributed by atoms with E-state index >= 15 is 0 Å². The van der Waals surface area contributed by atoms with Crippen molar-refractivity contribution < 1.29 is 32.3 Å². The molecule has 49 heavy (non-hydrogen) atoms. The second kappa shape index (κ2) is 14.0. The molecular weight excluding hydrogens is 642 g/mol. The van der Waals surface area contributed by atoms with Gasteiger partial charge in [-0.15, -0.1) is 0 Å². The molecule has 1 amide bonds. The topological polar surface area (TPSA) is 101 Å². The van der Waals surface area contributed by atoms with Crippen LogP contribution in [0, 0.1) is 23.3 Å². The van der Waals surface area contributed by atoms with Gasteiger partial charge in [0.2, 0.25) is 5.78 Å². The predicted octanol–water partition coefficient (Wildman–Crippen LogP) is 5.05. The van der Waals surface area contributed by atoms with Crippen LogP contribution in [-0.4, -0.2) is 62.2 Å². The first kappa shape index (κ1) is 32.9. The van der Waals surface area contributed by atoms with E-state index < -0.39 is 63.8 Å². The number of nitrogens with zero attached hydrogens (tertiary/aromatic N) is 5. The number of carbonyl (C=O) groups excluding carboxylic acids is 2. The fraction of sp³-hybridized carbons (Fsp3) is 0.167. The summed E-state index contributed by atoms with van der Waals surface area (Å²) in [7, 11) is 0. The van der Waals surface area contributed by atoms with Gasteiger partial charge in [-0.25, -0.2) is 22.2 Å². The molecule has 2 aromatic heterocycles. The van der Waals surface area contributed by atoms with E-state index in [0.29, 0.717) is 30.8 Å². The van der Waals surface area contributed by atoms with Crippen molar-refractivity contribution >= 4 is 23.1 Å². The maximum Gasteiger partial charge on any atom is 0.294 e. The SMILES string of the molecule is O=C(C=C(O)c1cc(Cc2c(F)ccc(F)c2F)cn(Cc2cccc(F)c2)c1=O)C(=O)N1CCN(c2ccc(-n3cccn3)cc2)CC1. The number of rotatable bonds is 9. The number of hydrogen-bond acceptors (Lipinski definition) is 6. The minimum Gasteiger partial charge on any atom is -0.507 e. The Morgan fingerprint density at radius 3 is 2.24 bits per heavy atom. The minimum atomic E-state index is -1.42. The van der Waals surface area contributed by atoms with Crippen molar-refractivity contribution in [1.82, 2.24) is 19.2 Å². The first-order valence-corrected chi connectivity index (χ1v) is 15.3. The third-order valence-electron chi connectivity index (χ3n) is 8.21. The van der Waals surface area contributed by atoms with Crippen molar-refractivity contribution in [3.63, 3.8) is 0 Å². The monoisotopic (exact) mass is 671 g/mol. The van der Waals surface area contributed by atoms with Crippen LogP contribution < -0.4 is 10.5 Å². The summed E-state index contributed by atoms with van der Waals surface area (Å²) < 4.78 is 59.6. The largest absolute Gasteiger partial charge is 0.507 e. The van der Waals surface area contributed by atoms with Gasteiger partial charge in [-0.2, -0.15) is 5.10 Å². The average Bonchev–Trinajstić information content (AvgIpc) is 3.65. The molecule has 6 rings (SSSR count). The predicted molar refractivity (Wildman–Crippen MR) is 173 cm³/mol. The molecule has 13 heteroatoms. The van der Waals surface area contributed by atoms with Crippen molar-refractivity contribution in [2.24, 2.45) is 0 Å². The number of carbonyl (C=O) groups is 2. The number of amides is 1. The Labute approximate surface area is 277 Å². The molecule has 1 aliphatic heterocycles. The lowest BCUT2D eigenvalue weighted by molar-refractivity contribution is -0.142. The summed E-state index contributed by atoms with van der Waals surface area (Å²) >= 11 is 0. The number of aliphatic hydroxyl groups excluding tert-OH is 1. The van der Waals surface area contributed by atoms with Crippen LogP contribution in [0.4, 0.5) is 23.2 Å². The second-order valence-electron chi connectivity index (χ2n) is 11.5. The average molecular weight is 672 g/mol. The minimum absolute atomic E-state index is 0.0712. The van der Waals surface area contributed by atoms with E-state index in [0.717, 1.165) is 28.1 Å². The zero-order chi connectivity index (χ0) is 34.7. The summed E-state index contributed by atoms with van der Waals surface area (Å²) in [5, 5.41) is 15.2. The number of anilines is 1. The molecule has 9 nitrogen and oxygen atoms in total. The lowest BCUT2D eigenvalue weighted by atomic mass is 10.0. The fourth-order valence-electron chi connectivity index (χ4n) is 5.69. The Morgan fingerprint density at radius 1 is 0.837 bits per heavy atom. The van der Waals surface area contributed by atoms with Gasteiger partial charge in [0.05, 0.1) is 17.8 Å². The van der Waals surface area contributed by atoms with Gasteiger partial charge in [0.1, 0.15) is 17.4 Å². The fourth-order valence-corrected chi connectivity index (χ4v) is 5.69. The quantitative estimate of drug-likeness (QED) is 0.0775. The lowest BCUT2D eigenvalue weighted by Crippen LogP contribution is -2.50. The van der Waals surface area contributed by atoms with Crippen LogP contribution in [0.5, 0.6) is 0 Å². The summed E-state index contributed by atoms with van der Waals surface area (Å²) in [6, 6.07) is 17.4. The van der Waals surface area contributed by atoms with Crippen LogP contribution >= 0.6 is 0 Å². The van der Waals surface area contributed by atoms with Gasteiger partial charge in [-0.3, -0.25) is 14.4 Å². The Hall–Kier alpha value is -5.98. The number of hydrogen-bond donors (Lipinski definition) is 1. The van der Waals surface area contributed by atoms with Crippen LogP contribution in [0.2, 0.25) is 0 Å². The van der Waals surface area contributed by atoms with E-state index in [1.807, 2.05) is 36.5 Å². The van der Waals surface area contributed by atoms with Gasteiger partial charge in [0.15, 0.2) is 11.6 Å². The highest BCUT2D eigenvalue weighted by atomic mass is 19.2. The molecular formula is C36H29F4N5O4. The lowest BCUT2D eigenvalue weighted by Gasteiger charge is -2.35. The van der Waals surface area contributed by atoms with Crippen molar-refractivity contribution in [2.45, 2.75) is 13.0 Å². The second-order valence-corrected chi connectivity index (χ2v) is 11.5. The normalized spacial score (nSPS) is 13.5. The Morgan fingerprint density at radius 2 is 1.55 bits per heavy atom. The smallest absolute Gasteiger partial charge is 0.294 e. The zero-order valence-electron chi connectivity index (χ0n) is 25.9. The maximum absolute atomic E-state index is 14.5. The number of halogens is 4. The molecule has 0 aliphatic carbocycles. The standard InChI is InChI=1S/C36H29F4N5O4/c37-25-4-1-3-23(17-25)21-44-22-24(18-28-30(38)9-10-31(39)34(28)40)19-29(35(44)48)32(46)20-33(47)36(49)43-15-13-42(14-16-43)26-5-7-27(8-6-26)45-12-2-11-41-45/h1-12,17,19-20,22,46H,13-16,18,21H2. The molecule has 0 unspecified atom stereocenters. The van der Waals surface area contributed by atoms with Crippen molar-refractivity contribution in [3.8, 4) is 5.69 Å². The van der Waals surface area contributed by atoms with Gasteiger partial charge in [-0.05, 0) is 71.8 Å². The molecule has 0 bridgehead atoms. The highest BCUT2D eigenvalue weighted by Crippen LogP contribution is 2.22. The third-order valence-corrected chi connectivity index (χ3v) is 8.21. The Balaban J connectivity index is 1.21. The Kier molecular flexibility index (Phi) is 9.42. The summed E-state index contributed by atoms with van der Waals surface area (Å²) in [4.78, 5) is 42.9. The summed E-state index contributed by atoms with van der Waals surface area (Å²) in [5.74, 6) is -7.12. The summed E-state index contributed by atoms with van der Waals surface area (Å²) in [6.07, 6.45) is 4.85. The molecule has 0 atom stereocenters. The van der Waals surface area contributed by atoms with E-state index in [2.05, 4.69) is 10.00 Å². The molecule has 0 saturated carbocycles. The highest BCUT2D eigenvalue weighted by molar-refractivity contribution is 6.41. The Bertz CT molecular complexity index is 2110. The molecule has 1 aliphatic rings. The number of piperazine rings is 1. The maximum atomic E-state index is 14.5. The third kappa shape index (κ3) is 7.30. The van der Waals surface area contributed by atoms with Crippen LogP contribution in [0.15, 0.2) is 102 Å². The first-order chi connectivity index (χ1) is 23.6.